The molecule has 0 saturated heterocycles. The van der Waals surface area contributed by atoms with E-state index in [1.807, 2.05) is 0 Å². The van der Waals surface area contributed by atoms with Gasteiger partial charge < -0.3 is 29.5 Å². The van der Waals surface area contributed by atoms with Gasteiger partial charge in [0.25, 0.3) is 15.9 Å². The quantitative estimate of drug-likeness (QED) is 0.180. The van der Waals surface area contributed by atoms with Gasteiger partial charge in [0.05, 0.1) is 53.9 Å². The second-order valence-electron chi connectivity index (χ2n) is 9.79. The summed E-state index contributed by atoms with van der Waals surface area (Å²) in [5, 5.41) is 12.1. The van der Waals surface area contributed by atoms with Crippen molar-refractivity contribution in [1.29, 1.82) is 0 Å². The zero-order valence-electron chi connectivity index (χ0n) is 25.0. The number of aliphatic hydroxyl groups excluding tert-OH is 1. The van der Waals surface area contributed by atoms with Crippen molar-refractivity contribution in [3.8, 4) is 17.2 Å². The van der Waals surface area contributed by atoms with E-state index in [1.165, 1.54) is 55.5 Å². The summed E-state index contributed by atoms with van der Waals surface area (Å²) < 4.78 is 70.4. The molecule has 0 spiro atoms. The number of ether oxygens (including phenoxy) is 3. The van der Waals surface area contributed by atoms with Crippen molar-refractivity contribution in [2.75, 3.05) is 63.1 Å². The molecule has 4 rings (SSSR count). The monoisotopic (exact) mass is 659 g/mol. The zero-order chi connectivity index (χ0) is 32.8. The number of carbonyl (C=O) groups excluding carboxylic acids is 1. The van der Waals surface area contributed by atoms with E-state index in [2.05, 4.69) is 20.0 Å². The average Bonchev–Trinajstić information content (AvgIpc) is 3.01. The molecule has 0 radical (unpaired) electrons. The van der Waals surface area contributed by atoms with Crippen LogP contribution in [0.15, 0.2) is 65.6 Å². The third-order valence-corrected chi connectivity index (χ3v) is 9.35. The average molecular weight is 660 g/mol. The number of methoxy groups -OCH3 is 2. The number of aliphatic hydroxyl groups is 1. The molecule has 0 saturated carbocycles. The van der Waals surface area contributed by atoms with Gasteiger partial charge in [-0.3, -0.25) is 9.52 Å². The summed E-state index contributed by atoms with van der Waals surface area (Å²) in [5.41, 5.74) is 1.38. The number of rotatable bonds is 14. The first kappa shape index (κ1) is 33.2. The summed E-state index contributed by atoms with van der Waals surface area (Å²) in [6.45, 7) is -0.784. The molecule has 1 aromatic heterocycles. The lowest BCUT2D eigenvalue weighted by atomic mass is 10.2. The lowest BCUT2D eigenvalue weighted by Crippen LogP contribution is -2.22. The molecule has 3 aromatic carbocycles. The molecule has 0 aliphatic heterocycles. The van der Waals surface area contributed by atoms with Crippen LogP contribution in [0.3, 0.4) is 0 Å². The van der Waals surface area contributed by atoms with Crippen LogP contribution in [-0.2, 0) is 19.9 Å². The highest BCUT2D eigenvalue weighted by Gasteiger charge is 2.23. The van der Waals surface area contributed by atoms with Crippen molar-refractivity contribution in [2.45, 2.75) is 4.90 Å². The highest BCUT2D eigenvalue weighted by atomic mass is 32.2. The van der Waals surface area contributed by atoms with E-state index in [-0.39, 0.29) is 52.0 Å². The summed E-state index contributed by atoms with van der Waals surface area (Å²) in [7, 11) is -1.78. The molecule has 16 heteroatoms. The van der Waals surface area contributed by atoms with Crippen molar-refractivity contribution in [1.82, 2.24) is 14.9 Å². The fraction of sp³-hybridized carbons (Fsp3) is 0.276. The highest BCUT2D eigenvalue weighted by Crippen LogP contribution is 2.42. The van der Waals surface area contributed by atoms with Gasteiger partial charge in [0.2, 0.25) is 0 Å². The number of carbonyl (C=O) groups is 1. The third kappa shape index (κ3) is 8.09. The lowest BCUT2D eigenvalue weighted by molar-refractivity contribution is 0.0827. The predicted molar refractivity (Wildman–Crippen MR) is 169 cm³/mol. The second-order valence-corrected chi connectivity index (χ2v) is 13.8. The molecule has 0 unspecified atom stereocenters. The number of sulfonamides is 1. The van der Waals surface area contributed by atoms with Gasteiger partial charge in [-0.2, -0.15) is 0 Å². The van der Waals surface area contributed by atoms with Crippen molar-refractivity contribution in [3.05, 3.63) is 66.2 Å². The van der Waals surface area contributed by atoms with Gasteiger partial charge >= 0.3 is 0 Å². The topological polar surface area (TPSA) is 186 Å². The van der Waals surface area contributed by atoms with Crippen LogP contribution in [0.5, 0.6) is 17.2 Å². The Morgan fingerprint density at radius 3 is 2.11 bits per heavy atom. The van der Waals surface area contributed by atoms with E-state index in [4.69, 9.17) is 19.3 Å². The molecule has 1 heterocycles. The Labute approximate surface area is 260 Å². The third-order valence-electron chi connectivity index (χ3n) is 6.40. The Morgan fingerprint density at radius 1 is 0.889 bits per heavy atom. The Bertz CT molecular complexity index is 1900. The Morgan fingerprint density at radius 2 is 1.53 bits per heavy atom. The van der Waals surface area contributed by atoms with Crippen molar-refractivity contribution >= 4 is 54.1 Å². The van der Waals surface area contributed by atoms with Gasteiger partial charge in [-0.05, 0) is 36.4 Å². The van der Waals surface area contributed by atoms with Crippen LogP contribution in [0.2, 0.25) is 0 Å². The molecular weight excluding hydrogens is 626 g/mol. The van der Waals surface area contributed by atoms with Gasteiger partial charge in [-0.1, -0.05) is 12.1 Å². The van der Waals surface area contributed by atoms with E-state index < -0.39 is 32.2 Å². The van der Waals surface area contributed by atoms with Gasteiger partial charge in [-0.25, -0.2) is 26.8 Å². The number of sulfone groups is 1. The molecule has 0 aliphatic rings. The van der Waals surface area contributed by atoms with Crippen LogP contribution in [0, 0.1) is 0 Å². The minimum absolute atomic E-state index is 0.00950. The van der Waals surface area contributed by atoms with E-state index >= 15 is 0 Å². The molecule has 4 aromatic rings. The van der Waals surface area contributed by atoms with E-state index in [1.54, 1.807) is 38.4 Å². The molecule has 0 fully saturated rings. The maximum Gasteiger partial charge on any atom is 0.263 e. The van der Waals surface area contributed by atoms with E-state index in [0.29, 0.717) is 22.3 Å². The number of hydrogen-bond donors (Lipinski definition) is 3. The maximum atomic E-state index is 13.5. The molecule has 1 amide bonds. The Hall–Kier alpha value is -4.67. The molecule has 0 aliphatic carbocycles. The lowest BCUT2D eigenvalue weighted by Gasteiger charge is -2.19. The number of hydrogen-bond acceptors (Lipinski definition) is 12. The van der Waals surface area contributed by atoms with Crippen LogP contribution in [0.25, 0.3) is 11.0 Å². The summed E-state index contributed by atoms with van der Waals surface area (Å²) in [6.07, 6.45) is 0. The molecule has 45 heavy (non-hydrogen) atoms. The molecule has 14 nitrogen and oxygen atoms in total. The Kier molecular flexibility index (Phi) is 10.3. The zero-order valence-corrected chi connectivity index (χ0v) is 26.6. The second kappa shape index (κ2) is 14.0. The van der Waals surface area contributed by atoms with Crippen molar-refractivity contribution in [2.24, 2.45) is 0 Å². The van der Waals surface area contributed by atoms with Gasteiger partial charge in [0.15, 0.2) is 33.0 Å². The number of anilines is 3. The number of benzene rings is 3. The van der Waals surface area contributed by atoms with Crippen molar-refractivity contribution in [3.63, 3.8) is 0 Å². The predicted octanol–water partition coefficient (Wildman–Crippen LogP) is 2.68. The first-order chi connectivity index (χ1) is 21.4. The molecular formula is C29H33N5O9S2. The summed E-state index contributed by atoms with van der Waals surface area (Å²) in [5.74, 6) is -0.588. The number of para-hydroxylation sites is 2. The van der Waals surface area contributed by atoms with Gasteiger partial charge in [-0.15, -0.1) is 0 Å². The van der Waals surface area contributed by atoms with Crippen LogP contribution < -0.4 is 24.2 Å². The summed E-state index contributed by atoms with van der Waals surface area (Å²) >= 11 is 0. The number of fused-ring (bicyclic) bond motifs is 1. The van der Waals surface area contributed by atoms with Crippen LogP contribution in [0.1, 0.15) is 10.4 Å². The SMILES string of the molecule is COc1cc(Nc2nc3ccccc3nc2NS(=O)(=O)c2ccc(C(=O)N(C)C)cc2)c(OCCS(=O)(=O)CCO)c(OC)c1. The first-order valence-corrected chi connectivity index (χ1v) is 16.8. The Balaban J connectivity index is 1.75. The maximum absolute atomic E-state index is 13.5. The van der Waals surface area contributed by atoms with E-state index in [9.17, 15) is 21.6 Å². The van der Waals surface area contributed by atoms with Gasteiger partial charge in [0.1, 0.15) is 12.4 Å². The number of aromatic nitrogens is 2. The first-order valence-electron chi connectivity index (χ1n) is 13.5. The summed E-state index contributed by atoms with van der Waals surface area (Å²) in [4.78, 5) is 22.6. The highest BCUT2D eigenvalue weighted by molar-refractivity contribution is 7.92. The van der Waals surface area contributed by atoms with Gasteiger partial charge in [0, 0.05) is 31.8 Å². The number of amides is 1. The largest absolute Gasteiger partial charge is 0.497 e. The fourth-order valence-corrected chi connectivity index (χ4v) is 5.94. The molecule has 0 atom stereocenters. The number of nitrogens with zero attached hydrogens (tertiary/aromatic N) is 3. The number of nitrogens with one attached hydrogen (secondary N) is 2. The molecule has 3 N–H and O–H groups in total. The van der Waals surface area contributed by atoms with E-state index in [0.717, 1.165) is 0 Å². The molecule has 240 valence electrons. The van der Waals surface area contributed by atoms with Crippen LogP contribution in [0.4, 0.5) is 17.3 Å². The normalized spacial score (nSPS) is 11.6. The minimum Gasteiger partial charge on any atom is -0.497 e. The minimum atomic E-state index is -4.22. The summed E-state index contributed by atoms with van der Waals surface area (Å²) in [6, 6.07) is 15.4. The van der Waals surface area contributed by atoms with Crippen molar-refractivity contribution < 1.29 is 40.9 Å². The van der Waals surface area contributed by atoms with Crippen LogP contribution >= 0.6 is 0 Å². The smallest absolute Gasteiger partial charge is 0.263 e. The molecule has 0 bridgehead atoms. The standard InChI is InChI=1S/C29H33N5O9S2/c1-34(2)29(36)19-9-11-21(12-10-19)45(39,40)33-28-27(30-22-7-5-6-8-23(22)31-28)32-24-17-20(41-3)18-25(42-4)26(24)43-14-16-44(37,38)15-13-35/h5-12,17-18,35H,13-16H2,1-4H3,(H,30,32)(H,31,33). The van der Waals surface area contributed by atoms with Crippen LogP contribution in [-0.4, -0.2) is 95.8 Å². The fourth-order valence-electron chi connectivity index (χ4n) is 4.11.